The third-order valence-corrected chi connectivity index (χ3v) is 7.98. The lowest BCUT2D eigenvalue weighted by molar-refractivity contribution is -0.129. The minimum Gasteiger partial charge on any atom is -0.351 e. The van der Waals surface area contributed by atoms with Crippen LogP contribution in [0.1, 0.15) is 82.7 Å². The number of nitrogens with one attached hydrogen (secondary N) is 5. The van der Waals surface area contributed by atoms with Gasteiger partial charge in [0.2, 0.25) is 11.9 Å². The van der Waals surface area contributed by atoms with Crippen molar-refractivity contribution in [3.63, 3.8) is 0 Å². The Morgan fingerprint density at radius 1 is 0.919 bits per heavy atom. The van der Waals surface area contributed by atoms with E-state index in [1.807, 2.05) is 11.0 Å². The van der Waals surface area contributed by atoms with Crippen LogP contribution in [-0.4, -0.2) is 68.2 Å². The van der Waals surface area contributed by atoms with Crippen molar-refractivity contribution in [1.82, 2.24) is 35.7 Å². The molecule has 11 nitrogen and oxygen atoms in total. The van der Waals surface area contributed by atoms with Crippen molar-refractivity contribution in [1.29, 1.82) is 0 Å². The van der Waals surface area contributed by atoms with Crippen LogP contribution in [0.4, 0.5) is 22.4 Å². The zero-order valence-corrected chi connectivity index (χ0v) is 21.6. The molecule has 37 heavy (non-hydrogen) atoms. The van der Waals surface area contributed by atoms with Crippen molar-refractivity contribution in [2.24, 2.45) is 0 Å². The van der Waals surface area contributed by atoms with Gasteiger partial charge in [-0.1, -0.05) is 12.8 Å². The average Bonchev–Trinajstić information content (AvgIpc) is 3.58. The lowest BCUT2D eigenvalue weighted by Gasteiger charge is -2.33. The van der Waals surface area contributed by atoms with Crippen LogP contribution in [-0.2, 0) is 4.79 Å². The Hall–Kier alpha value is -3.37. The summed E-state index contributed by atoms with van der Waals surface area (Å²) in [5.41, 5.74) is 1.20. The largest absolute Gasteiger partial charge is 0.351 e. The summed E-state index contributed by atoms with van der Waals surface area (Å²) in [5, 5.41) is 20.5. The molecule has 0 atom stereocenters. The van der Waals surface area contributed by atoms with Crippen LogP contribution in [0, 0.1) is 0 Å². The number of hydrogen-bond acceptors (Lipinski definition) is 7. The highest BCUT2D eigenvalue weighted by molar-refractivity contribution is 5.75. The molecule has 2 saturated carbocycles. The van der Waals surface area contributed by atoms with Crippen molar-refractivity contribution in [3.05, 3.63) is 24.0 Å². The van der Waals surface area contributed by atoms with E-state index >= 15 is 0 Å². The lowest BCUT2D eigenvalue weighted by Crippen LogP contribution is -2.51. The van der Waals surface area contributed by atoms with Gasteiger partial charge in [0.1, 0.15) is 5.82 Å². The van der Waals surface area contributed by atoms with Gasteiger partial charge in [-0.15, -0.1) is 0 Å². The Balaban J connectivity index is 1.03. The van der Waals surface area contributed by atoms with Crippen molar-refractivity contribution < 1.29 is 9.59 Å². The van der Waals surface area contributed by atoms with Crippen molar-refractivity contribution >= 4 is 29.5 Å². The number of anilines is 3. The van der Waals surface area contributed by atoms with Crippen molar-refractivity contribution in [2.45, 2.75) is 95.2 Å². The number of carbonyl (C=O) groups is 2. The Morgan fingerprint density at radius 3 is 2.30 bits per heavy atom. The van der Waals surface area contributed by atoms with E-state index in [1.54, 1.807) is 13.1 Å². The van der Waals surface area contributed by atoms with Gasteiger partial charge in [0.05, 0.1) is 0 Å². The van der Waals surface area contributed by atoms with Gasteiger partial charge in [-0.3, -0.25) is 9.89 Å². The second-order valence-electron chi connectivity index (χ2n) is 10.7. The fourth-order valence-corrected chi connectivity index (χ4v) is 5.79. The Labute approximate surface area is 218 Å². The quantitative estimate of drug-likeness (QED) is 0.384. The number of H-pyrrole nitrogens is 1. The standard InChI is InChI=1S/C26H39N9O2/c1-17(36)35-14-11-21(12-15-35)30-26(37)29-20-8-6-19(7-9-20)28-25-27-13-10-23(32-25)31-24-16-22(33-34-24)18-4-2-3-5-18/h10,13,16,18-21H,2-9,11-12,14-15H2,1H3,(H2,29,30,37)(H3,27,28,31,32,33,34). The van der Waals surface area contributed by atoms with E-state index in [1.165, 1.54) is 31.4 Å². The summed E-state index contributed by atoms with van der Waals surface area (Å²) in [6.45, 7) is 3.01. The molecule has 1 aliphatic heterocycles. The maximum atomic E-state index is 12.5. The molecule has 3 heterocycles. The fraction of sp³-hybridized carbons (Fsp3) is 0.654. The minimum atomic E-state index is -0.103. The van der Waals surface area contributed by atoms with Crippen LogP contribution in [0.2, 0.25) is 0 Å². The van der Waals surface area contributed by atoms with Gasteiger partial charge in [-0.2, -0.15) is 10.1 Å². The van der Waals surface area contributed by atoms with E-state index in [4.69, 9.17) is 0 Å². The number of urea groups is 1. The topological polar surface area (TPSA) is 140 Å². The fourth-order valence-electron chi connectivity index (χ4n) is 5.79. The van der Waals surface area contributed by atoms with Crippen LogP contribution in [0.15, 0.2) is 18.3 Å². The normalized spacial score (nSPS) is 23.0. The molecule has 5 N–H and O–H groups in total. The molecule has 2 aliphatic carbocycles. The highest BCUT2D eigenvalue weighted by atomic mass is 16.2. The van der Waals surface area contributed by atoms with Gasteiger partial charge in [0.25, 0.3) is 0 Å². The smallest absolute Gasteiger partial charge is 0.315 e. The molecule has 3 amide bonds. The van der Waals surface area contributed by atoms with Gasteiger partial charge in [-0.25, -0.2) is 9.78 Å². The van der Waals surface area contributed by atoms with Crippen LogP contribution in [0.3, 0.4) is 0 Å². The summed E-state index contributed by atoms with van der Waals surface area (Å²) in [7, 11) is 0. The van der Waals surface area contributed by atoms with Gasteiger partial charge in [-0.05, 0) is 57.4 Å². The molecule has 0 aromatic carbocycles. The van der Waals surface area contributed by atoms with Gasteiger partial charge in [0.15, 0.2) is 5.82 Å². The Kier molecular flexibility index (Phi) is 8.05. The third-order valence-electron chi connectivity index (χ3n) is 7.98. The molecule has 2 aromatic rings. The van der Waals surface area contributed by atoms with E-state index in [0.717, 1.165) is 44.3 Å². The first-order valence-corrected chi connectivity index (χ1v) is 13.8. The second kappa shape index (κ2) is 11.8. The molecule has 3 fully saturated rings. The van der Waals surface area contributed by atoms with Crippen molar-refractivity contribution in [2.75, 3.05) is 23.7 Å². The molecule has 200 valence electrons. The molecule has 11 heteroatoms. The molecule has 1 saturated heterocycles. The van der Waals surface area contributed by atoms with E-state index in [9.17, 15) is 9.59 Å². The first-order valence-electron chi connectivity index (χ1n) is 13.8. The van der Waals surface area contributed by atoms with E-state index in [2.05, 4.69) is 47.5 Å². The summed E-state index contributed by atoms with van der Waals surface area (Å²) in [6, 6.07) is 4.39. The second-order valence-corrected chi connectivity index (χ2v) is 10.7. The number of carbonyl (C=O) groups excluding carboxylic acids is 2. The Bertz CT molecular complexity index is 1050. The molecule has 3 aliphatic rings. The monoisotopic (exact) mass is 509 g/mol. The molecule has 0 spiro atoms. The molecular formula is C26H39N9O2. The summed E-state index contributed by atoms with van der Waals surface area (Å²) in [4.78, 5) is 34.8. The Morgan fingerprint density at radius 2 is 1.59 bits per heavy atom. The lowest BCUT2D eigenvalue weighted by atomic mass is 9.91. The van der Waals surface area contributed by atoms with Crippen LogP contribution < -0.4 is 21.3 Å². The summed E-state index contributed by atoms with van der Waals surface area (Å²) in [6.07, 6.45) is 12.1. The molecule has 5 rings (SSSR count). The number of aromatic nitrogens is 4. The van der Waals surface area contributed by atoms with Crippen LogP contribution in [0.5, 0.6) is 0 Å². The van der Waals surface area contributed by atoms with E-state index in [-0.39, 0.29) is 30.1 Å². The molecular weight excluding hydrogens is 470 g/mol. The zero-order chi connectivity index (χ0) is 25.6. The summed E-state index contributed by atoms with van der Waals surface area (Å²) >= 11 is 0. The van der Waals surface area contributed by atoms with Gasteiger partial charge < -0.3 is 26.2 Å². The SMILES string of the molecule is CC(=O)N1CCC(NC(=O)NC2CCC(Nc3nccc(Nc4cc(C5CCCC5)[nH]n4)n3)CC2)CC1. The number of hydrogen-bond donors (Lipinski definition) is 5. The maximum absolute atomic E-state index is 12.5. The molecule has 2 aromatic heterocycles. The maximum Gasteiger partial charge on any atom is 0.315 e. The molecule has 0 radical (unpaired) electrons. The number of rotatable bonds is 7. The number of amides is 3. The summed E-state index contributed by atoms with van der Waals surface area (Å²) < 4.78 is 0. The highest BCUT2D eigenvalue weighted by Gasteiger charge is 2.26. The van der Waals surface area contributed by atoms with E-state index in [0.29, 0.717) is 30.8 Å². The minimum absolute atomic E-state index is 0.103. The van der Waals surface area contributed by atoms with Crippen LogP contribution >= 0.6 is 0 Å². The molecule has 0 unspecified atom stereocenters. The number of likely N-dealkylation sites (tertiary alicyclic amines) is 1. The number of nitrogens with zero attached hydrogens (tertiary/aromatic N) is 4. The summed E-state index contributed by atoms with van der Waals surface area (Å²) in [5.74, 6) is 2.78. The van der Waals surface area contributed by atoms with Gasteiger partial charge >= 0.3 is 6.03 Å². The van der Waals surface area contributed by atoms with E-state index < -0.39 is 0 Å². The number of aromatic amines is 1. The van der Waals surface area contributed by atoms with Gasteiger partial charge in [0, 0.05) is 62.0 Å². The average molecular weight is 510 g/mol. The molecule has 0 bridgehead atoms. The highest BCUT2D eigenvalue weighted by Crippen LogP contribution is 2.34. The first kappa shape index (κ1) is 25.3. The predicted molar refractivity (Wildman–Crippen MR) is 142 cm³/mol. The predicted octanol–water partition coefficient (Wildman–Crippen LogP) is 3.63. The van der Waals surface area contributed by atoms with Crippen LogP contribution in [0.25, 0.3) is 0 Å². The van der Waals surface area contributed by atoms with Crippen molar-refractivity contribution in [3.8, 4) is 0 Å². The third kappa shape index (κ3) is 6.90. The first-order chi connectivity index (χ1) is 18.0. The zero-order valence-electron chi connectivity index (χ0n) is 21.6. The number of piperidine rings is 1.